The lowest BCUT2D eigenvalue weighted by Crippen LogP contribution is -2.35. The number of anilines is 1. The Balaban J connectivity index is 1.92. The Kier molecular flexibility index (Phi) is 3.85. The number of amides is 2. The van der Waals surface area contributed by atoms with Gasteiger partial charge in [0.1, 0.15) is 11.3 Å². The summed E-state index contributed by atoms with van der Waals surface area (Å²) in [5.74, 6) is -0.426. The molecule has 1 aliphatic rings. The molecular weight excluding hydrogens is 451 g/mol. The van der Waals surface area contributed by atoms with Crippen LogP contribution in [0.3, 0.4) is 0 Å². The second-order valence-corrected chi connectivity index (χ2v) is 6.29. The molecule has 1 saturated heterocycles. The Hall–Kier alpha value is -1.61. The average Bonchev–Trinajstić information content (AvgIpc) is 2.98. The largest absolute Gasteiger partial charge is 0.450 e. The fourth-order valence-electron chi connectivity index (χ4n) is 1.88. The van der Waals surface area contributed by atoms with E-state index < -0.39 is 11.8 Å². The molecule has 1 N–H and O–H groups in total. The summed E-state index contributed by atoms with van der Waals surface area (Å²) in [5, 5.41) is 1.22. The van der Waals surface area contributed by atoms with E-state index >= 15 is 0 Å². The molecule has 3 rings (SSSR count). The number of furan rings is 1. The van der Waals surface area contributed by atoms with Crippen LogP contribution in [-0.2, 0) is 9.59 Å². The van der Waals surface area contributed by atoms with E-state index in [1.807, 2.05) is 12.1 Å². The fraction of sp³-hybridized carbons (Fsp3) is 0. The van der Waals surface area contributed by atoms with Crippen LogP contribution >= 0.6 is 38.5 Å². The first-order valence-corrected chi connectivity index (χ1v) is 7.80. The van der Waals surface area contributed by atoms with E-state index in [9.17, 15) is 9.59 Å². The lowest BCUT2D eigenvalue weighted by atomic mass is 10.2. The minimum absolute atomic E-state index is 0.0374. The Labute approximate surface area is 142 Å². The number of halogens is 2. The second kappa shape index (κ2) is 5.64. The zero-order valence-corrected chi connectivity index (χ0v) is 14.2. The molecule has 1 aliphatic heterocycles. The Morgan fingerprint density at radius 2 is 1.86 bits per heavy atom. The van der Waals surface area contributed by atoms with E-state index in [0.29, 0.717) is 16.1 Å². The van der Waals surface area contributed by atoms with Gasteiger partial charge in [0.25, 0.3) is 11.8 Å². The summed E-state index contributed by atoms with van der Waals surface area (Å²) in [4.78, 5) is 24.3. The van der Waals surface area contributed by atoms with E-state index in [4.69, 9.17) is 4.42 Å². The zero-order valence-electron chi connectivity index (χ0n) is 10.5. The number of hydrazine groups is 1. The minimum atomic E-state index is -0.453. The molecule has 1 aromatic carbocycles. The van der Waals surface area contributed by atoms with Crippen molar-refractivity contribution in [2.24, 2.45) is 0 Å². The molecule has 2 aromatic rings. The van der Waals surface area contributed by atoms with E-state index in [1.54, 1.807) is 24.3 Å². The van der Waals surface area contributed by atoms with Crippen molar-refractivity contribution in [3.05, 3.63) is 56.0 Å². The number of nitrogens with zero attached hydrogens (tertiary/aromatic N) is 1. The number of nitrogens with one attached hydrogen (secondary N) is 1. The molecule has 2 heterocycles. The van der Waals surface area contributed by atoms with Crippen LogP contribution in [0.15, 0.2) is 51.1 Å². The van der Waals surface area contributed by atoms with Crippen LogP contribution in [0.2, 0.25) is 0 Å². The van der Waals surface area contributed by atoms with Crippen LogP contribution in [0.5, 0.6) is 0 Å². The van der Waals surface area contributed by atoms with Crippen LogP contribution in [0.25, 0.3) is 6.08 Å². The number of hydrogen-bond acceptors (Lipinski definition) is 3. The van der Waals surface area contributed by atoms with Gasteiger partial charge in [0.05, 0.1) is 5.69 Å². The lowest BCUT2D eigenvalue weighted by molar-refractivity contribution is -0.117. The number of rotatable bonds is 2. The van der Waals surface area contributed by atoms with Gasteiger partial charge in [0.2, 0.25) is 0 Å². The monoisotopic (exact) mass is 458 g/mol. The van der Waals surface area contributed by atoms with Crippen LogP contribution in [0.1, 0.15) is 5.76 Å². The molecule has 0 atom stereocenters. The van der Waals surface area contributed by atoms with Gasteiger partial charge in [0, 0.05) is 3.57 Å². The molecule has 2 amide bonds. The fourth-order valence-corrected chi connectivity index (χ4v) is 2.56. The van der Waals surface area contributed by atoms with Crippen LogP contribution < -0.4 is 10.4 Å². The van der Waals surface area contributed by atoms with Gasteiger partial charge in [-0.1, -0.05) is 0 Å². The number of hydrogen-bond donors (Lipinski definition) is 1. The normalized spacial score (nSPS) is 16.7. The van der Waals surface area contributed by atoms with Crippen molar-refractivity contribution in [3.8, 4) is 0 Å². The second-order valence-electron chi connectivity index (χ2n) is 4.26. The molecule has 0 spiro atoms. The summed E-state index contributed by atoms with van der Waals surface area (Å²) < 4.78 is 6.87. The van der Waals surface area contributed by atoms with Crippen molar-refractivity contribution in [1.82, 2.24) is 5.43 Å². The maximum absolute atomic E-state index is 12.3. The number of benzene rings is 1. The Bertz CT molecular complexity index is 752. The molecule has 7 heteroatoms. The molecule has 0 unspecified atom stereocenters. The molecule has 5 nitrogen and oxygen atoms in total. The highest BCUT2D eigenvalue weighted by Gasteiger charge is 2.34. The van der Waals surface area contributed by atoms with E-state index in [-0.39, 0.29) is 5.57 Å². The first kappa shape index (κ1) is 14.3. The SMILES string of the molecule is O=C1NN(c2ccc(I)cc2)C(=O)C1=Cc1ccc(Br)o1. The van der Waals surface area contributed by atoms with Gasteiger partial charge in [-0.2, -0.15) is 0 Å². The molecule has 1 fully saturated rings. The molecule has 21 heavy (non-hydrogen) atoms. The predicted octanol–water partition coefficient (Wildman–Crippen LogP) is 3.11. The first-order chi connectivity index (χ1) is 10.0. The molecule has 106 valence electrons. The summed E-state index contributed by atoms with van der Waals surface area (Å²) in [7, 11) is 0. The van der Waals surface area contributed by atoms with Gasteiger partial charge >= 0.3 is 0 Å². The van der Waals surface area contributed by atoms with E-state index in [2.05, 4.69) is 43.9 Å². The topological polar surface area (TPSA) is 62.6 Å². The van der Waals surface area contributed by atoms with Crippen LogP contribution in [0.4, 0.5) is 5.69 Å². The predicted molar refractivity (Wildman–Crippen MR) is 89.2 cm³/mol. The summed E-state index contributed by atoms with van der Waals surface area (Å²) in [5.41, 5.74) is 3.18. The Morgan fingerprint density at radius 3 is 2.48 bits per heavy atom. The summed E-state index contributed by atoms with van der Waals surface area (Å²) in [6, 6.07) is 10.6. The van der Waals surface area contributed by atoms with Crippen molar-refractivity contribution >= 4 is 62.1 Å². The molecule has 0 aliphatic carbocycles. The zero-order chi connectivity index (χ0) is 15.0. The van der Waals surface area contributed by atoms with Crippen LogP contribution in [0, 0.1) is 3.57 Å². The summed E-state index contributed by atoms with van der Waals surface area (Å²) >= 11 is 5.35. The van der Waals surface area contributed by atoms with E-state index in [0.717, 1.165) is 3.57 Å². The number of carbonyl (C=O) groups is 2. The standard InChI is InChI=1S/C14H8BrIN2O3/c15-12-6-5-10(21-12)7-11-13(19)17-18(14(11)20)9-3-1-8(16)2-4-9/h1-7H,(H,17,19). The third-order valence-corrected chi connectivity index (χ3v) is 4.00. The van der Waals surface area contributed by atoms with Gasteiger partial charge in [-0.3, -0.25) is 15.0 Å². The van der Waals surface area contributed by atoms with Gasteiger partial charge in [-0.25, -0.2) is 5.01 Å². The maximum atomic E-state index is 12.3. The lowest BCUT2D eigenvalue weighted by Gasteiger charge is -2.14. The smallest absolute Gasteiger partial charge is 0.282 e. The molecule has 0 radical (unpaired) electrons. The first-order valence-electron chi connectivity index (χ1n) is 5.92. The highest BCUT2D eigenvalue weighted by molar-refractivity contribution is 14.1. The van der Waals surface area contributed by atoms with Gasteiger partial charge in [0.15, 0.2) is 4.67 Å². The highest BCUT2D eigenvalue weighted by Crippen LogP contribution is 2.23. The third kappa shape index (κ3) is 2.88. The third-order valence-electron chi connectivity index (χ3n) is 2.86. The van der Waals surface area contributed by atoms with Gasteiger partial charge in [-0.05, 0) is 81.0 Å². The minimum Gasteiger partial charge on any atom is -0.450 e. The number of carbonyl (C=O) groups excluding carboxylic acids is 2. The average molecular weight is 459 g/mol. The molecule has 0 bridgehead atoms. The molecule has 1 aromatic heterocycles. The highest BCUT2D eigenvalue weighted by atomic mass is 127. The summed E-state index contributed by atoms with van der Waals surface area (Å²) in [6.07, 6.45) is 1.43. The summed E-state index contributed by atoms with van der Waals surface area (Å²) in [6.45, 7) is 0. The van der Waals surface area contributed by atoms with Crippen molar-refractivity contribution in [2.45, 2.75) is 0 Å². The molecular formula is C14H8BrIN2O3. The van der Waals surface area contributed by atoms with Crippen molar-refractivity contribution in [2.75, 3.05) is 5.01 Å². The quantitative estimate of drug-likeness (QED) is 0.427. The van der Waals surface area contributed by atoms with Crippen molar-refractivity contribution in [1.29, 1.82) is 0 Å². The molecule has 0 saturated carbocycles. The van der Waals surface area contributed by atoms with Gasteiger partial charge in [-0.15, -0.1) is 0 Å². The van der Waals surface area contributed by atoms with Crippen molar-refractivity contribution < 1.29 is 14.0 Å². The Morgan fingerprint density at radius 1 is 1.14 bits per heavy atom. The van der Waals surface area contributed by atoms with Crippen LogP contribution in [-0.4, -0.2) is 11.8 Å². The van der Waals surface area contributed by atoms with E-state index in [1.165, 1.54) is 11.1 Å². The van der Waals surface area contributed by atoms with Crippen molar-refractivity contribution in [3.63, 3.8) is 0 Å². The maximum Gasteiger partial charge on any atom is 0.282 e. The van der Waals surface area contributed by atoms with Gasteiger partial charge < -0.3 is 4.42 Å².